The highest BCUT2D eigenvalue weighted by Crippen LogP contribution is 2.60. The largest absolute Gasteiger partial charge is 0.347 e. The molecule has 8 heteroatoms. The first-order valence-electron chi connectivity index (χ1n) is 11.3. The zero-order chi connectivity index (χ0) is 20.6. The van der Waals surface area contributed by atoms with E-state index in [4.69, 9.17) is 0 Å². The van der Waals surface area contributed by atoms with Gasteiger partial charge in [0.1, 0.15) is 0 Å². The predicted octanol–water partition coefficient (Wildman–Crippen LogP) is 1.64. The van der Waals surface area contributed by atoms with Gasteiger partial charge in [0.05, 0.1) is 12.3 Å². The summed E-state index contributed by atoms with van der Waals surface area (Å²) in [7, 11) is -3.22. The Kier molecular flexibility index (Phi) is 5.95. The summed E-state index contributed by atoms with van der Waals surface area (Å²) in [6.45, 7) is 2.97. The molecular formula is C21H35N3O4S. The molecule has 4 bridgehead atoms. The summed E-state index contributed by atoms with van der Waals surface area (Å²) in [6, 6.07) is -0.0998. The van der Waals surface area contributed by atoms with Crippen LogP contribution < -0.4 is 10.0 Å². The number of carbonyl (C=O) groups excluding carboxylic acids is 2. The van der Waals surface area contributed by atoms with Gasteiger partial charge in [-0.2, -0.15) is 0 Å². The Bertz CT molecular complexity index is 708. The van der Waals surface area contributed by atoms with Crippen molar-refractivity contribution in [3.8, 4) is 0 Å². The second-order valence-electron chi connectivity index (χ2n) is 9.97. The maximum atomic E-state index is 13.0. The molecule has 5 fully saturated rings. The zero-order valence-corrected chi connectivity index (χ0v) is 18.3. The summed E-state index contributed by atoms with van der Waals surface area (Å²) in [5.41, 5.74) is -0.223. The molecule has 2 amide bonds. The van der Waals surface area contributed by atoms with Crippen LogP contribution in [0.15, 0.2) is 0 Å². The van der Waals surface area contributed by atoms with Gasteiger partial charge in [0.2, 0.25) is 21.8 Å². The molecule has 5 aliphatic rings. The second kappa shape index (κ2) is 8.17. The van der Waals surface area contributed by atoms with Crippen molar-refractivity contribution in [2.75, 3.05) is 25.4 Å². The number of nitrogens with one attached hydrogen (secondary N) is 2. The molecular weight excluding hydrogens is 390 g/mol. The minimum absolute atomic E-state index is 0.0575. The van der Waals surface area contributed by atoms with Crippen LogP contribution >= 0.6 is 0 Å². The molecule has 0 spiro atoms. The number of sulfonamides is 1. The van der Waals surface area contributed by atoms with Crippen molar-refractivity contribution in [3.63, 3.8) is 0 Å². The highest BCUT2D eigenvalue weighted by atomic mass is 32.2. The summed E-state index contributed by atoms with van der Waals surface area (Å²) in [6.07, 6.45) is 8.73. The Labute approximate surface area is 174 Å². The molecule has 164 valence electrons. The Hall–Kier alpha value is -1.15. The van der Waals surface area contributed by atoms with Crippen LogP contribution in [-0.2, 0) is 19.6 Å². The lowest BCUT2D eigenvalue weighted by Gasteiger charge is -2.55. The number of hydrogen-bond donors (Lipinski definition) is 2. The Balaban J connectivity index is 1.23. The number of hydrogen-bond acceptors (Lipinski definition) is 4. The van der Waals surface area contributed by atoms with Crippen LogP contribution in [-0.4, -0.2) is 56.6 Å². The second-order valence-corrected chi connectivity index (χ2v) is 11.8. The van der Waals surface area contributed by atoms with E-state index in [-0.39, 0.29) is 35.6 Å². The van der Waals surface area contributed by atoms with Crippen LogP contribution in [0.2, 0.25) is 0 Å². The van der Waals surface area contributed by atoms with Gasteiger partial charge < -0.3 is 10.2 Å². The zero-order valence-electron chi connectivity index (χ0n) is 17.5. The summed E-state index contributed by atoms with van der Waals surface area (Å²) in [4.78, 5) is 27.3. The smallest absolute Gasteiger partial charge is 0.241 e. The Morgan fingerprint density at radius 3 is 2.07 bits per heavy atom. The highest BCUT2D eigenvalue weighted by Gasteiger charge is 2.54. The normalized spacial score (nSPS) is 34.4. The number of nitrogens with zero attached hydrogens (tertiary/aromatic N) is 1. The van der Waals surface area contributed by atoms with Gasteiger partial charge in [0.15, 0.2) is 0 Å². The molecule has 2 N–H and O–H groups in total. The third-order valence-corrected chi connectivity index (χ3v) is 9.22. The topological polar surface area (TPSA) is 95.6 Å². The monoisotopic (exact) mass is 425 g/mol. The van der Waals surface area contributed by atoms with Gasteiger partial charge in [-0.25, -0.2) is 13.1 Å². The van der Waals surface area contributed by atoms with Crippen molar-refractivity contribution < 1.29 is 18.0 Å². The van der Waals surface area contributed by atoms with E-state index in [0.717, 1.165) is 19.3 Å². The average molecular weight is 426 g/mol. The molecule has 1 heterocycles. The third kappa shape index (κ3) is 4.63. The number of rotatable bonds is 7. The van der Waals surface area contributed by atoms with Crippen LogP contribution in [0.1, 0.15) is 64.7 Å². The molecule has 0 aromatic heterocycles. The predicted molar refractivity (Wildman–Crippen MR) is 110 cm³/mol. The maximum Gasteiger partial charge on any atom is 0.241 e. The third-order valence-electron chi connectivity index (χ3n) is 7.59. The molecule has 7 nitrogen and oxygen atoms in total. The summed E-state index contributed by atoms with van der Waals surface area (Å²) in [5, 5.41) is 2.96. The van der Waals surface area contributed by atoms with E-state index in [2.05, 4.69) is 10.0 Å². The maximum absolute atomic E-state index is 13.0. The molecule has 0 aromatic rings. The van der Waals surface area contributed by atoms with Crippen LogP contribution in [0.4, 0.5) is 0 Å². The fourth-order valence-electron chi connectivity index (χ4n) is 6.67. The molecule has 0 aromatic carbocycles. The molecule has 1 aliphatic heterocycles. The van der Waals surface area contributed by atoms with E-state index in [0.29, 0.717) is 50.1 Å². The lowest BCUT2D eigenvalue weighted by molar-refractivity contribution is -0.148. The van der Waals surface area contributed by atoms with Crippen molar-refractivity contribution in [1.82, 2.24) is 14.9 Å². The first-order valence-corrected chi connectivity index (χ1v) is 13.0. The molecule has 0 radical (unpaired) electrons. The molecule has 5 rings (SSSR count). The lowest BCUT2D eigenvalue weighted by atomic mass is 9.49. The molecule has 0 unspecified atom stereocenters. The van der Waals surface area contributed by atoms with E-state index in [1.807, 2.05) is 6.92 Å². The van der Waals surface area contributed by atoms with Gasteiger partial charge in [0, 0.05) is 24.5 Å². The molecule has 0 atom stereocenters. The number of piperidine rings is 1. The van der Waals surface area contributed by atoms with E-state index in [9.17, 15) is 18.0 Å². The molecule has 1 saturated heterocycles. The van der Waals surface area contributed by atoms with Gasteiger partial charge in [-0.3, -0.25) is 9.59 Å². The van der Waals surface area contributed by atoms with Gasteiger partial charge in [-0.05, 0) is 75.5 Å². The van der Waals surface area contributed by atoms with Crippen molar-refractivity contribution in [3.05, 3.63) is 0 Å². The van der Waals surface area contributed by atoms with Crippen molar-refractivity contribution in [2.24, 2.45) is 23.2 Å². The number of amides is 2. The van der Waals surface area contributed by atoms with Gasteiger partial charge in [-0.1, -0.05) is 6.92 Å². The number of carbonyl (C=O) groups is 2. The standard InChI is InChI=1S/C21H35N3O4S/c1-2-7-29(27,28)23-18-3-5-24(6-4-18)19(25)14-22-20(26)21-11-15-8-16(12-21)10-17(9-15)13-21/h15-18,23H,2-14H2,1H3,(H,22,26). The van der Waals surface area contributed by atoms with Crippen LogP contribution in [0, 0.1) is 23.2 Å². The Morgan fingerprint density at radius 1 is 1.00 bits per heavy atom. The Morgan fingerprint density at radius 2 is 1.55 bits per heavy atom. The summed E-state index contributed by atoms with van der Waals surface area (Å²) < 4.78 is 26.6. The quantitative estimate of drug-likeness (QED) is 0.648. The van der Waals surface area contributed by atoms with E-state index < -0.39 is 10.0 Å². The highest BCUT2D eigenvalue weighted by molar-refractivity contribution is 7.89. The average Bonchev–Trinajstić information content (AvgIpc) is 2.65. The lowest BCUT2D eigenvalue weighted by Crippen LogP contribution is -2.55. The number of likely N-dealkylation sites (tertiary alicyclic amines) is 1. The SMILES string of the molecule is CCCS(=O)(=O)NC1CCN(C(=O)CNC(=O)C23CC4CC(CC(C4)C2)C3)CC1. The van der Waals surface area contributed by atoms with Gasteiger partial charge >= 0.3 is 0 Å². The van der Waals surface area contributed by atoms with Crippen LogP contribution in [0.25, 0.3) is 0 Å². The fourth-order valence-corrected chi connectivity index (χ4v) is 8.07. The van der Waals surface area contributed by atoms with Gasteiger partial charge in [0.25, 0.3) is 0 Å². The van der Waals surface area contributed by atoms with E-state index in [1.165, 1.54) is 19.3 Å². The summed E-state index contributed by atoms with van der Waals surface area (Å²) in [5.74, 6) is 2.29. The van der Waals surface area contributed by atoms with Gasteiger partial charge in [-0.15, -0.1) is 0 Å². The molecule has 4 aliphatic carbocycles. The molecule has 4 saturated carbocycles. The molecule has 29 heavy (non-hydrogen) atoms. The van der Waals surface area contributed by atoms with Crippen LogP contribution in [0.3, 0.4) is 0 Å². The first kappa shape index (κ1) is 21.1. The minimum atomic E-state index is -3.22. The van der Waals surface area contributed by atoms with E-state index >= 15 is 0 Å². The fraction of sp³-hybridized carbons (Fsp3) is 0.905. The van der Waals surface area contributed by atoms with E-state index in [1.54, 1.807) is 4.90 Å². The first-order chi connectivity index (χ1) is 13.8. The van der Waals surface area contributed by atoms with Crippen molar-refractivity contribution >= 4 is 21.8 Å². The summed E-state index contributed by atoms with van der Waals surface area (Å²) >= 11 is 0. The van der Waals surface area contributed by atoms with Crippen LogP contribution in [0.5, 0.6) is 0 Å². The minimum Gasteiger partial charge on any atom is -0.347 e. The van der Waals surface area contributed by atoms with Crippen molar-refractivity contribution in [1.29, 1.82) is 0 Å². The van der Waals surface area contributed by atoms with Crippen molar-refractivity contribution in [2.45, 2.75) is 70.8 Å².